The van der Waals surface area contributed by atoms with Crippen LogP contribution in [0.5, 0.6) is 11.9 Å². The maximum absolute atomic E-state index is 13.9. The summed E-state index contributed by atoms with van der Waals surface area (Å²) in [4.78, 5) is 7.63. The van der Waals surface area contributed by atoms with Crippen LogP contribution in [0.2, 0.25) is 0 Å². The van der Waals surface area contributed by atoms with Crippen molar-refractivity contribution in [3.05, 3.63) is 42.3 Å². The topological polar surface area (TPSA) is 81.6 Å². The van der Waals surface area contributed by atoms with E-state index in [9.17, 15) is 12.8 Å². The lowest BCUT2D eigenvalue weighted by Crippen LogP contribution is -2.44. The van der Waals surface area contributed by atoms with Crippen molar-refractivity contribution in [2.24, 2.45) is 0 Å². The van der Waals surface area contributed by atoms with Crippen molar-refractivity contribution in [3.63, 3.8) is 0 Å². The van der Waals surface area contributed by atoms with E-state index in [1.807, 2.05) is 0 Å². The minimum atomic E-state index is -3.91. The normalized spacial score (nSPS) is 18.7. The zero-order chi connectivity index (χ0) is 17.9. The molecule has 1 atom stereocenters. The molecule has 0 N–H and O–H groups in total. The van der Waals surface area contributed by atoms with Crippen LogP contribution in [0.15, 0.2) is 41.4 Å². The minimum absolute atomic E-state index is 0.128. The molecule has 1 fully saturated rings. The molecule has 2 aromatic rings. The van der Waals surface area contributed by atoms with E-state index in [1.54, 1.807) is 6.07 Å². The standard InChI is InChI=1S/C16H18FN3O4S/c1-23-16-18-9-8-15(19-16)24-12-5-4-10-20(11-12)25(21,22)14-7-3-2-6-13(14)17/h2-3,6-9,12H,4-5,10-11H2,1H3. The van der Waals surface area contributed by atoms with Crippen molar-refractivity contribution in [1.82, 2.24) is 14.3 Å². The van der Waals surface area contributed by atoms with Crippen LogP contribution >= 0.6 is 0 Å². The quantitative estimate of drug-likeness (QED) is 0.802. The highest BCUT2D eigenvalue weighted by molar-refractivity contribution is 7.89. The molecule has 1 saturated heterocycles. The number of benzene rings is 1. The van der Waals surface area contributed by atoms with Crippen molar-refractivity contribution in [2.45, 2.75) is 23.8 Å². The van der Waals surface area contributed by atoms with Crippen LogP contribution in [0, 0.1) is 5.82 Å². The van der Waals surface area contributed by atoms with E-state index in [-0.39, 0.29) is 23.6 Å². The Labute approximate surface area is 145 Å². The van der Waals surface area contributed by atoms with Gasteiger partial charge in [0.05, 0.1) is 13.7 Å². The van der Waals surface area contributed by atoms with Gasteiger partial charge in [0, 0.05) is 18.8 Å². The first-order valence-electron chi connectivity index (χ1n) is 7.79. The van der Waals surface area contributed by atoms with Crippen LogP contribution in [0.25, 0.3) is 0 Å². The molecule has 25 heavy (non-hydrogen) atoms. The highest BCUT2D eigenvalue weighted by Gasteiger charge is 2.33. The van der Waals surface area contributed by atoms with E-state index in [1.165, 1.54) is 35.8 Å². The Bertz CT molecular complexity index is 847. The second-order valence-electron chi connectivity index (χ2n) is 5.56. The monoisotopic (exact) mass is 367 g/mol. The molecule has 0 bridgehead atoms. The Morgan fingerprint density at radius 1 is 1.28 bits per heavy atom. The van der Waals surface area contributed by atoms with Crippen molar-refractivity contribution in [3.8, 4) is 11.9 Å². The highest BCUT2D eigenvalue weighted by atomic mass is 32.2. The number of hydrogen-bond acceptors (Lipinski definition) is 6. The fraction of sp³-hybridized carbons (Fsp3) is 0.375. The molecular formula is C16H18FN3O4S. The fourth-order valence-electron chi connectivity index (χ4n) is 2.67. The lowest BCUT2D eigenvalue weighted by atomic mass is 10.1. The van der Waals surface area contributed by atoms with Gasteiger partial charge < -0.3 is 9.47 Å². The van der Waals surface area contributed by atoms with Crippen LogP contribution < -0.4 is 9.47 Å². The van der Waals surface area contributed by atoms with E-state index in [2.05, 4.69) is 9.97 Å². The zero-order valence-corrected chi connectivity index (χ0v) is 14.4. The summed E-state index contributed by atoms with van der Waals surface area (Å²) < 4.78 is 51.2. The molecular weight excluding hydrogens is 349 g/mol. The molecule has 134 valence electrons. The largest absolute Gasteiger partial charge is 0.473 e. The Kier molecular flexibility index (Phi) is 5.14. The van der Waals surface area contributed by atoms with Crippen molar-refractivity contribution < 1.29 is 22.3 Å². The summed E-state index contributed by atoms with van der Waals surface area (Å²) in [5.41, 5.74) is 0. The number of nitrogens with zero attached hydrogens (tertiary/aromatic N) is 3. The molecule has 1 aliphatic rings. The number of methoxy groups -OCH3 is 1. The number of sulfonamides is 1. The number of rotatable bonds is 5. The third-order valence-corrected chi connectivity index (χ3v) is 5.77. The van der Waals surface area contributed by atoms with Gasteiger partial charge in [-0.3, -0.25) is 0 Å². The smallest absolute Gasteiger partial charge is 0.319 e. The van der Waals surface area contributed by atoms with Crippen molar-refractivity contribution in [2.75, 3.05) is 20.2 Å². The Balaban J connectivity index is 1.75. The summed E-state index contributed by atoms with van der Waals surface area (Å²) in [6.45, 7) is 0.451. The van der Waals surface area contributed by atoms with Crippen LogP contribution in [-0.4, -0.2) is 49.0 Å². The second-order valence-corrected chi connectivity index (χ2v) is 7.46. The van der Waals surface area contributed by atoms with Crippen LogP contribution in [0.3, 0.4) is 0 Å². The van der Waals surface area contributed by atoms with Gasteiger partial charge >= 0.3 is 6.01 Å². The third-order valence-electron chi connectivity index (χ3n) is 3.87. The van der Waals surface area contributed by atoms with E-state index >= 15 is 0 Å². The van der Waals surface area contributed by atoms with Crippen molar-refractivity contribution in [1.29, 1.82) is 0 Å². The third kappa shape index (κ3) is 3.88. The van der Waals surface area contributed by atoms with E-state index < -0.39 is 15.8 Å². The first-order valence-corrected chi connectivity index (χ1v) is 9.23. The SMILES string of the molecule is COc1nccc(OC2CCCN(S(=O)(=O)c3ccccc3F)C2)n1. The van der Waals surface area contributed by atoms with Gasteiger partial charge in [0.2, 0.25) is 15.9 Å². The summed E-state index contributed by atoms with van der Waals surface area (Å²) in [5, 5.41) is 0. The lowest BCUT2D eigenvalue weighted by Gasteiger charge is -2.31. The van der Waals surface area contributed by atoms with E-state index in [0.29, 0.717) is 25.3 Å². The first-order chi connectivity index (χ1) is 12.0. The molecule has 1 aliphatic heterocycles. The molecule has 0 radical (unpaired) electrons. The lowest BCUT2D eigenvalue weighted by molar-refractivity contribution is 0.123. The summed E-state index contributed by atoms with van der Waals surface area (Å²) in [5.74, 6) is -0.451. The maximum atomic E-state index is 13.9. The van der Waals surface area contributed by atoms with Crippen LogP contribution in [0.4, 0.5) is 4.39 Å². The Morgan fingerprint density at radius 3 is 2.84 bits per heavy atom. The molecule has 0 amide bonds. The molecule has 3 rings (SSSR count). The number of aromatic nitrogens is 2. The highest BCUT2D eigenvalue weighted by Crippen LogP contribution is 2.24. The Morgan fingerprint density at radius 2 is 2.08 bits per heavy atom. The van der Waals surface area contributed by atoms with Gasteiger partial charge in [0.15, 0.2) is 0 Å². The number of ether oxygens (including phenoxy) is 2. The fourth-order valence-corrected chi connectivity index (χ4v) is 4.25. The Hall–Kier alpha value is -2.26. The van der Waals surface area contributed by atoms with Gasteiger partial charge in [-0.15, -0.1) is 0 Å². The van der Waals surface area contributed by atoms with Gasteiger partial charge in [-0.2, -0.15) is 9.29 Å². The number of piperidine rings is 1. The van der Waals surface area contributed by atoms with Gasteiger partial charge in [-0.05, 0) is 25.0 Å². The second kappa shape index (κ2) is 7.32. The maximum Gasteiger partial charge on any atom is 0.319 e. The zero-order valence-electron chi connectivity index (χ0n) is 13.6. The van der Waals surface area contributed by atoms with Gasteiger partial charge in [-0.25, -0.2) is 17.8 Å². The van der Waals surface area contributed by atoms with Gasteiger partial charge in [0.1, 0.15) is 16.8 Å². The molecule has 0 aliphatic carbocycles. The van der Waals surface area contributed by atoms with E-state index in [4.69, 9.17) is 9.47 Å². The van der Waals surface area contributed by atoms with Gasteiger partial charge in [-0.1, -0.05) is 12.1 Å². The molecule has 7 nitrogen and oxygen atoms in total. The van der Waals surface area contributed by atoms with Crippen LogP contribution in [-0.2, 0) is 10.0 Å². The molecule has 0 spiro atoms. The molecule has 9 heteroatoms. The predicted molar refractivity (Wildman–Crippen MR) is 87.4 cm³/mol. The molecule has 1 unspecified atom stereocenters. The molecule has 1 aromatic heterocycles. The minimum Gasteiger partial charge on any atom is -0.473 e. The molecule has 1 aromatic carbocycles. The summed E-state index contributed by atoms with van der Waals surface area (Å²) in [6, 6.07) is 7.11. The van der Waals surface area contributed by atoms with Gasteiger partial charge in [0.25, 0.3) is 0 Å². The molecule has 2 heterocycles. The molecule has 0 saturated carbocycles. The summed E-state index contributed by atoms with van der Waals surface area (Å²) >= 11 is 0. The van der Waals surface area contributed by atoms with E-state index in [0.717, 1.165) is 6.07 Å². The summed E-state index contributed by atoms with van der Waals surface area (Å²) in [7, 11) is -2.46. The summed E-state index contributed by atoms with van der Waals surface area (Å²) in [6.07, 6.45) is 2.41. The predicted octanol–water partition coefficient (Wildman–Crippen LogP) is 1.86. The number of hydrogen-bond donors (Lipinski definition) is 0. The van der Waals surface area contributed by atoms with Crippen molar-refractivity contribution >= 4 is 10.0 Å². The average Bonchev–Trinajstić information content (AvgIpc) is 2.62. The average molecular weight is 367 g/mol. The number of halogens is 1. The van der Waals surface area contributed by atoms with Crippen LogP contribution in [0.1, 0.15) is 12.8 Å². The first kappa shape index (κ1) is 17.6.